The van der Waals surface area contributed by atoms with Crippen molar-refractivity contribution in [2.24, 2.45) is 5.92 Å². The number of allylic oxidation sites excluding steroid dienone is 2. The predicted octanol–water partition coefficient (Wildman–Crippen LogP) is 5.14. The number of benzene rings is 2. The quantitative estimate of drug-likeness (QED) is 0.776. The Hall–Kier alpha value is -2.22. The third kappa shape index (κ3) is 2.33. The van der Waals surface area contributed by atoms with Gasteiger partial charge >= 0.3 is 0 Å². The van der Waals surface area contributed by atoms with Crippen molar-refractivity contribution in [3.63, 3.8) is 0 Å². The first-order valence-electron chi connectivity index (χ1n) is 8.35. The molecule has 2 aromatic rings. The number of rotatable bonds is 2. The summed E-state index contributed by atoms with van der Waals surface area (Å²) >= 11 is 0. The minimum Gasteiger partial charge on any atom is -0.497 e. The van der Waals surface area contributed by atoms with Gasteiger partial charge in [-0.25, -0.2) is 0 Å². The second-order valence-electron chi connectivity index (χ2n) is 6.79. The molecule has 2 aromatic carbocycles. The lowest BCUT2D eigenvalue weighted by atomic mass is 9.76. The SMILES string of the molecule is COc1ccc(C2Nc3c(C)cc(C)cc3C3C=CCC32)cc1. The summed E-state index contributed by atoms with van der Waals surface area (Å²) in [7, 11) is 1.72. The standard InChI is InChI=1S/C21H23NO/c1-13-11-14(2)20-19(12-13)17-5-4-6-18(17)21(22-20)15-7-9-16(23-3)10-8-15/h4-5,7-12,17-18,21-22H,6H2,1-3H3. The van der Waals surface area contributed by atoms with Crippen LogP contribution in [0.5, 0.6) is 5.75 Å². The second kappa shape index (κ2) is 5.45. The van der Waals surface area contributed by atoms with Gasteiger partial charge in [0.25, 0.3) is 0 Å². The Balaban J connectivity index is 1.78. The molecule has 1 heterocycles. The van der Waals surface area contributed by atoms with Crippen molar-refractivity contribution >= 4 is 5.69 Å². The van der Waals surface area contributed by atoms with Crippen molar-refractivity contribution < 1.29 is 4.74 Å². The van der Waals surface area contributed by atoms with Crippen molar-refractivity contribution in [3.8, 4) is 5.75 Å². The molecule has 2 nitrogen and oxygen atoms in total. The molecule has 0 radical (unpaired) electrons. The fourth-order valence-corrected chi connectivity index (χ4v) is 4.21. The average molecular weight is 305 g/mol. The van der Waals surface area contributed by atoms with Gasteiger partial charge in [-0.2, -0.15) is 0 Å². The molecule has 0 aromatic heterocycles. The lowest BCUT2D eigenvalue weighted by Crippen LogP contribution is -2.29. The first-order valence-corrected chi connectivity index (χ1v) is 8.35. The van der Waals surface area contributed by atoms with Gasteiger partial charge in [-0.05, 0) is 55.0 Å². The van der Waals surface area contributed by atoms with Crippen molar-refractivity contribution in [3.05, 3.63) is 70.8 Å². The summed E-state index contributed by atoms with van der Waals surface area (Å²) in [5, 5.41) is 3.84. The van der Waals surface area contributed by atoms with Crippen LogP contribution in [0.15, 0.2) is 48.6 Å². The van der Waals surface area contributed by atoms with E-state index in [2.05, 4.69) is 67.7 Å². The summed E-state index contributed by atoms with van der Waals surface area (Å²) < 4.78 is 5.30. The fraction of sp³-hybridized carbons (Fsp3) is 0.333. The Morgan fingerprint density at radius 3 is 2.61 bits per heavy atom. The van der Waals surface area contributed by atoms with E-state index in [0.29, 0.717) is 17.9 Å². The Bertz CT molecular complexity index is 760. The number of anilines is 1. The molecule has 4 rings (SSSR count). The molecule has 2 aliphatic rings. The van der Waals surface area contributed by atoms with Gasteiger partial charge in [0.05, 0.1) is 13.2 Å². The molecule has 2 heteroatoms. The van der Waals surface area contributed by atoms with Crippen molar-refractivity contribution in [1.29, 1.82) is 0 Å². The van der Waals surface area contributed by atoms with Crippen LogP contribution in [-0.2, 0) is 0 Å². The first kappa shape index (κ1) is 14.4. The van der Waals surface area contributed by atoms with Crippen LogP contribution >= 0.6 is 0 Å². The molecule has 118 valence electrons. The molecular weight excluding hydrogens is 282 g/mol. The second-order valence-corrected chi connectivity index (χ2v) is 6.79. The monoisotopic (exact) mass is 305 g/mol. The first-order chi connectivity index (χ1) is 11.2. The zero-order chi connectivity index (χ0) is 16.0. The molecule has 1 aliphatic heterocycles. The van der Waals surface area contributed by atoms with Crippen molar-refractivity contribution in [2.45, 2.75) is 32.2 Å². The summed E-state index contributed by atoms with van der Waals surface area (Å²) in [4.78, 5) is 0. The zero-order valence-electron chi connectivity index (χ0n) is 14.0. The number of fused-ring (bicyclic) bond motifs is 3. The van der Waals surface area contributed by atoms with E-state index < -0.39 is 0 Å². The number of hydrogen-bond acceptors (Lipinski definition) is 2. The van der Waals surface area contributed by atoms with E-state index in [9.17, 15) is 0 Å². The molecule has 1 N–H and O–H groups in total. The molecule has 0 saturated heterocycles. The molecular formula is C21H23NO. The van der Waals surface area contributed by atoms with Crippen LogP contribution in [0, 0.1) is 19.8 Å². The summed E-state index contributed by atoms with van der Waals surface area (Å²) in [6.45, 7) is 4.40. The number of aryl methyl sites for hydroxylation is 2. The van der Waals surface area contributed by atoms with Crippen LogP contribution in [0.4, 0.5) is 5.69 Å². The van der Waals surface area contributed by atoms with E-state index in [0.717, 1.165) is 12.2 Å². The number of ether oxygens (including phenoxy) is 1. The van der Waals surface area contributed by atoms with E-state index in [4.69, 9.17) is 4.74 Å². The number of methoxy groups -OCH3 is 1. The van der Waals surface area contributed by atoms with E-state index in [-0.39, 0.29) is 0 Å². The highest BCUT2D eigenvalue weighted by atomic mass is 16.5. The highest BCUT2D eigenvalue weighted by molar-refractivity contribution is 5.65. The van der Waals surface area contributed by atoms with Crippen LogP contribution in [0.2, 0.25) is 0 Å². The Labute approximate surface area is 138 Å². The number of hydrogen-bond donors (Lipinski definition) is 1. The molecule has 3 atom stereocenters. The van der Waals surface area contributed by atoms with E-state index >= 15 is 0 Å². The van der Waals surface area contributed by atoms with Gasteiger partial charge in [-0.3, -0.25) is 0 Å². The maximum absolute atomic E-state index is 5.30. The van der Waals surface area contributed by atoms with Gasteiger partial charge in [0.15, 0.2) is 0 Å². The van der Waals surface area contributed by atoms with Crippen LogP contribution in [0.25, 0.3) is 0 Å². The van der Waals surface area contributed by atoms with Gasteiger partial charge in [-0.1, -0.05) is 42.0 Å². The van der Waals surface area contributed by atoms with Gasteiger partial charge in [0, 0.05) is 11.6 Å². The van der Waals surface area contributed by atoms with Crippen LogP contribution in [-0.4, -0.2) is 7.11 Å². The summed E-state index contributed by atoms with van der Waals surface area (Å²) in [5.74, 6) is 2.03. The largest absolute Gasteiger partial charge is 0.497 e. The van der Waals surface area contributed by atoms with Gasteiger partial charge < -0.3 is 10.1 Å². The Morgan fingerprint density at radius 1 is 1.09 bits per heavy atom. The molecule has 0 saturated carbocycles. The molecule has 0 fully saturated rings. The van der Waals surface area contributed by atoms with E-state index in [1.807, 2.05) is 0 Å². The van der Waals surface area contributed by atoms with Gasteiger partial charge in [-0.15, -0.1) is 0 Å². The van der Waals surface area contributed by atoms with Crippen molar-refractivity contribution in [2.75, 3.05) is 12.4 Å². The molecule has 1 aliphatic carbocycles. The third-order valence-electron chi connectivity index (χ3n) is 5.29. The molecule has 0 amide bonds. The highest BCUT2D eigenvalue weighted by Crippen LogP contribution is 2.50. The van der Waals surface area contributed by atoms with E-state index in [1.54, 1.807) is 7.11 Å². The van der Waals surface area contributed by atoms with E-state index in [1.165, 1.54) is 27.9 Å². The smallest absolute Gasteiger partial charge is 0.118 e. The zero-order valence-corrected chi connectivity index (χ0v) is 14.0. The maximum Gasteiger partial charge on any atom is 0.118 e. The Morgan fingerprint density at radius 2 is 1.87 bits per heavy atom. The third-order valence-corrected chi connectivity index (χ3v) is 5.29. The van der Waals surface area contributed by atoms with Gasteiger partial charge in [0.2, 0.25) is 0 Å². The van der Waals surface area contributed by atoms with Crippen LogP contribution in [0.3, 0.4) is 0 Å². The molecule has 0 spiro atoms. The highest BCUT2D eigenvalue weighted by Gasteiger charge is 2.38. The lowest BCUT2D eigenvalue weighted by molar-refractivity contribution is 0.411. The topological polar surface area (TPSA) is 21.3 Å². The molecule has 0 bridgehead atoms. The lowest BCUT2D eigenvalue weighted by Gasteiger charge is -2.38. The summed E-state index contributed by atoms with van der Waals surface area (Å²) in [5.41, 5.74) is 6.83. The normalized spacial score (nSPS) is 24.7. The summed E-state index contributed by atoms with van der Waals surface area (Å²) in [6, 6.07) is 13.5. The van der Waals surface area contributed by atoms with Crippen molar-refractivity contribution in [1.82, 2.24) is 0 Å². The van der Waals surface area contributed by atoms with Gasteiger partial charge in [0.1, 0.15) is 5.75 Å². The predicted molar refractivity (Wildman–Crippen MR) is 95.3 cm³/mol. The van der Waals surface area contributed by atoms with Crippen LogP contribution in [0.1, 0.15) is 40.6 Å². The maximum atomic E-state index is 5.30. The van der Waals surface area contributed by atoms with Crippen LogP contribution < -0.4 is 10.1 Å². The Kier molecular flexibility index (Phi) is 3.41. The minimum absolute atomic E-state index is 0.356. The average Bonchev–Trinajstić information content (AvgIpc) is 3.04. The minimum atomic E-state index is 0.356. The molecule has 23 heavy (non-hydrogen) atoms. The summed E-state index contributed by atoms with van der Waals surface area (Å²) in [6.07, 6.45) is 5.89. The number of nitrogens with one attached hydrogen (secondary N) is 1. The fourth-order valence-electron chi connectivity index (χ4n) is 4.21. The molecule has 3 unspecified atom stereocenters.